The maximum atomic E-state index is 12.9. The van der Waals surface area contributed by atoms with Crippen LogP contribution in [0.15, 0.2) is 48.2 Å². The number of ether oxygens (including phenoxy) is 1. The first-order valence-corrected chi connectivity index (χ1v) is 12.2. The number of phenols is 1. The summed E-state index contributed by atoms with van der Waals surface area (Å²) in [6, 6.07) is 8.98. The number of rotatable bonds is 5. The number of aromatic nitrogens is 1. The van der Waals surface area contributed by atoms with Crippen LogP contribution in [0.3, 0.4) is 0 Å². The number of aliphatic hydroxyl groups is 1. The Bertz CT molecular complexity index is 1170. The molecule has 2 aromatic rings. The highest BCUT2D eigenvalue weighted by atomic mass is 16.5. The first-order valence-electron chi connectivity index (χ1n) is 12.2. The summed E-state index contributed by atoms with van der Waals surface area (Å²) in [5, 5.41) is 25.7. The molecule has 2 aliphatic carbocycles. The predicted molar refractivity (Wildman–Crippen MR) is 128 cm³/mol. The number of phenolic OH excluding ortho intramolecular Hbond substituents is 1. The van der Waals surface area contributed by atoms with Crippen LogP contribution in [0.2, 0.25) is 0 Å². The van der Waals surface area contributed by atoms with E-state index in [1.165, 1.54) is 12.8 Å². The summed E-state index contributed by atoms with van der Waals surface area (Å²) in [4.78, 5) is 19.6. The van der Waals surface area contributed by atoms with Gasteiger partial charge in [0, 0.05) is 29.9 Å². The van der Waals surface area contributed by atoms with Gasteiger partial charge in [-0.05, 0) is 81.8 Å². The second-order valence-electron chi connectivity index (χ2n) is 10.5. The highest BCUT2D eigenvalue weighted by Gasteiger charge is 2.68. The van der Waals surface area contributed by atoms with Gasteiger partial charge in [0.1, 0.15) is 11.9 Å². The van der Waals surface area contributed by atoms with E-state index in [0.717, 1.165) is 36.6 Å². The third-order valence-corrected chi connectivity index (χ3v) is 8.45. The van der Waals surface area contributed by atoms with Gasteiger partial charge in [0.2, 0.25) is 0 Å². The minimum Gasteiger partial charge on any atom is -0.504 e. The van der Waals surface area contributed by atoms with Gasteiger partial charge < -0.3 is 20.3 Å². The molecule has 2 fully saturated rings. The zero-order valence-corrected chi connectivity index (χ0v) is 19.6. The number of nitrogens with one attached hydrogen (secondary N) is 1. The van der Waals surface area contributed by atoms with Crippen LogP contribution in [0.5, 0.6) is 11.5 Å². The van der Waals surface area contributed by atoms with Crippen molar-refractivity contribution in [1.29, 1.82) is 0 Å². The highest BCUT2D eigenvalue weighted by molar-refractivity contribution is 6.02. The van der Waals surface area contributed by atoms with Crippen molar-refractivity contribution in [1.82, 2.24) is 9.88 Å². The Kier molecular flexibility index (Phi) is 4.80. The van der Waals surface area contributed by atoms with Gasteiger partial charge in [-0.2, -0.15) is 0 Å². The summed E-state index contributed by atoms with van der Waals surface area (Å²) in [5.74, 6) is 1.48. The van der Waals surface area contributed by atoms with Crippen molar-refractivity contribution in [3.05, 3.63) is 59.3 Å². The average Bonchev–Trinajstić information content (AvgIpc) is 3.55. The van der Waals surface area contributed by atoms with Crippen molar-refractivity contribution >= 4 is 11.7 Å². The number of likely N-dealkylation sites (tertiary alicyclic amines) is 1. The van der Waals surface area contributed by atoms with Crippen molar-refractivity contribution in [2.45, 2.75) is 62.7 Å². The van der Waals surface area contributed by atoms with Gasteiger partial charge in [-0.1, -0.05) is 12.1 Å². The smallest absolute Gasteiger partial charge is 0.252 e. The van der Waals surface area contributed by atoms with E-state index in [-0.39, 0.29) is 17.7 Å². The van der Waals surface area contributed by atoms with Crippen LogP contribution in [-0.4, -0.2) is 56.8 Å². The van der Waals surface area contributed by atoms with E-state index in [4.69, 9.17) is 4.74 Å². The lowest BCUT2D eigenvalue weighted by atomic mass is 9.53. The van der Waals surface area contributed by atoms with Gasteiger partial charge in [0.15, 0.2) is 11.5 Å². The molecule has 3 heterocycles. The largest absolute Gasteiger partial charge is 0.504 e. The molecule has 2 bridgehead atoms. The molecule has 6 rings (SSSR count). The molecule has 1 aromatic carbocycles. The topological polar surface area (TPSA) is 94.9 Å². The molecule has 2 aliphatic heterocycles. The minimum atomic E-state index is -1.08. The molecule has 1 amide bonds. The van der Waals surface area contributed by atoms with Gasteiger partial charge in [-0.25, -0.2) is 4.98 Å². The van der Waals surface area contributed by atoms with Crippen molar-refractivity contribution in [3.63, 3.8) is 0 Å². The molecule has 3 N–H and O–H groups in total. The Hall–Kier alpha value is -2.90. The molecule has 4 aliphatic rings. The number of carbonyl (C=O) groups excluding carboxylic acids is 1. The number of fused-ring (bicyclic) bond motifs is 1. The van der Waals surface area contributed by atoms with Crippen LogP contribution >= 0.6 is 0 Å². The molecule has 1 saturated carbocycles. The quantitative estimate of drug-likeness (QED) is 0.592. The number of hydrogen-bond donors (Lipinski definition) is 3. The summed E-state index contributed by atoms with van der Waals surface area (Å²) in [5.41, 5.74) is 0.712. The maximum absolute atomic E-state index is 12.9. The van der Waals surface area contributed by atoms with Crippen LogP contribution < -0.4 is 10.1 Å². The van der Waals surface area contributed by atoms with Gasteiger partial charge in [0.05, 0.1) is 11.0 Å². The molecule has 4 atom stereocenters. The molecular formula is C27H31N3O4. The third kappa shape index (κ3) is 3.10. The first-order chi connectivity index (χ1) is 16.3. The fraction of sp³-hybridized carbons (Fsp3) is 0.481. The summed E-state index contributed by atoms with van der Waals surface area (Å²) in [6.45, 7) is 5.55. The molecule has 1 aromatic heterocycles. The molecule has 34 heavy (non-hydrogen) atoms. The van der Waals surface area contributed by atoms with Crippen molar-refractivity contribution in [2.24, 2.45) is 5.92 Å². The first kappa shape index (κ1) is 21.6. The van der Waals surface area contributed by atoms with E-state index >= 15 is 0 Å². The number of aromatic hydroxyl groups is 1. The lowest BCUT2D eigenvalue weighted by Gasteiger charge is -2.59. The van der Waals surface area contributed by atoms with E-state index in [2.05, 4.69) is 15.2 Å². The SMILES string of the molecule is C/C(=C\[C@@H]1Oc2c(O)ccc3c2[C@@]12CCN(CC1CC1)[C@H](C3)[C@@]2(C)O)C(=O)Nc1ccccn1. The Balaban J connectivity index is 1.39. The molecule has 0 radical (unpaired) electrons. The third-order valence-electron chi connectivity index (χ3n) is 8.45. The average molecular weight is 462 g/mol. The number of benzene rings is 1. The van der Waals surface area contributed by atoms with Gasteiger partial charge >= 0.3 is 0 Å². The van der Waals surface area contributed by atoms with Crippen molar-refractivity contribution < 1.29 is 19.7 Å². The highest BCUT2D eigenvalue weighted by Crippen LogP contribution is 2.62. The van der Waals surface area contributed by atoms with E-state index in [9.17, 15) is 15.0 Å². The van der Waals surface area contributed by atoms with E-state index in [1.807, 2.05) is 25.1 Å². The second-order valence-corrected chi connectivity index (χ2v) is 10.5. The lowest BCUT2D eigenvalue weighted by Crippen LogP contribution is -2.72. The molecule has 7 nitrogen and oxygen atoms in total. The maximum Gasteiger partial charge on any atom is 0.252 e. The van der Waals surface area contributed by atoms with Crippen LogP contribution in [0, 0.1) is 5.92 Å². The fourth-order valence-electron chi connectivity index (χ4n) is 6.47. The number of piperidine rings is 1. The zero-order valence-electron chi connectivity index (χ0n) is 19.6. The van der Waals surface area contributed by atoms with Crippen molar-refractivity contribution in [2.75, 3.05) is 18.4 Å². The molecule has 0 unspecified atom stereocenters. The van der Waals surface area contributed by atoms with E-state index < -0.39 is 17.1 Å². The Morgan fingerprint density at radius 3 is 2.88 bits per heavy atom. The number of pyridine rings is 1. The predicted octanol–water partition coefficient (Wildman–Crippen LogP) is 3.16. The number of anilines is 1. The van der Waals surface area contributed by atoms with Gasteiger partial charge in [0.25, 0.3) is 5.91 Å². The number of hydrogen-bond acceptors (Lipinski definition) is 6. The number of nitrogens with zero attached hydrogens (tertiary/aromatic N) is 2. The van der Waals surface area contributed by atoms with Gasteiger partial charge in [-0.3, -0.25) is 9.69 Å². The number of amides is 1. The lowest BCUT2D eigenvalue weighted by molar-refractivity contribution is -0.148. The monoisotopic (exact) mass is 461 g/mol. The Labute approximate surface area is 199 Å². The molecule has 1 spiro atoms. The summed E-state index contributed by atoms with van der Waals surface area (Å²) >= 11 is 0. The summed E-state index contributed by atoms with van der Waals surface area (Å²) in [6.07, 6.45) is 6.84. The van der Waals surface area contributed by atoms with Gasteiger partial charge in [-0.15, -0.1) is 0 Å². The molecular weight excluding hydrogens is 430 g/mol. The second kappa shape index (κ2) is 7.55. The van der Waals surface area contributed by atoms with Crippen LogP contribution in [0.1, 0.15) is 44.2 Å². The van der Waals surface area contributed by atoms with Crippen LogP contribution in [0.4, 0.5) is 5.82 Å². The fourth-order valence-corrected chi connectivity index (χ4v) is 6.47. The Morgan fingerprint density at radius 1 is 1.32 bits per heavy atom. The molecule has 178 valence electrons. The standard InChI is InChI=1S/C27H31N3O4/c1-16(25(32)29-22-5-3-4-11-28-22)13-21-27-10-12-30(15-17-6-7-17)20(26(27,2)33)14-18-8-9-19(31)24(34-21)23(18)27/h3-5,8-9,11,13,17,20-21,31,33H,6-7,10,12,14-15H2,1-2H3,(H,28,29,32)/b16-13+/t20-,21+,26-,27-/m1/s1. The van der Waals surface area contributed by atoms with Crippen molar-refractivity contribution in [3.8, 4) is 11.5 Å². The Morgan fingerprint density at radius 2 is 2.15 bits per heavy atom. The summed E-state index contributed by atoms with van der Waals surface area (Å²) < 4.78 is 6.37. The van der Waals surface area contributed by atoms with E-state index in [1.54, 1.807) is 31.3 Å². The van der Waals surface area contributed by atoms with Crippen LogP contribution in [-0.2, 0) is 16.6 Å². The zero-order chi connectivity index (χ0) is 23.7. The molecule has 7 heteroatoms. The molecule has 1 saturated heterocycles. The minimum absolute atomic E-state index is 0.0352. The summed E-state index contributed by atoms with van der Waals surface area (Å²) in [7, 11) is 0. The normalized spacial score (nSPS) is 32.1. The van der Waals surface area contributed by atoms with Crippen LogP contribution in [0.25, 0.3) is 0 Å². The number of carbonyl (C=O) groups is 1. The van der Waals surface area contributed by atoms with E-state index in [0.29, 0.717) is 23.6 Å².